The first-order valence-electron chi connectivity index (χ1n) is 12.0. The van der Waals surface area contributed by atoms with Crippen LogP contribution in [0.5, 0.6) is 0 Å². The summed E-state index contributed by atoms with van der Waals surface area (Å²) in [6.07, 6.45) is 0. The number of carbonyl (C=O) groups excluding carboxylic acids is 3. The van der Waals surface area contributed by atoms with Crippen molar-refractivity contribution < 1.29 is 18.8 Å². The molecule has 2 aliphatic heterocycles. The Bertz CT molecular complexity index is 1660. The molecule has 7 nitrogen and oxygen atoms in total. The van der Waals surface area contributed by atoms with Crippen LogP contribution >= 0.6 is 34.7 Å². The zero-order valence-electron chi connectivity index (χ0n) is 20.0. The molecule has 6 rings (SSSR count). The number of carbonyl (C=O) groups is 3. The van der Waals surface area contributed by atoms with Gasteiger partial charge in [-0.2, -0.15) is 0 Å². The summed E-state index contributed by atoms with van der Waals surface area (Å²) < 4.78 is 14.9. The van der Waals surface area contributed by atoms with E-state index < -0.39 is 40.6 Å². The Labute approximate surface area is 235 Å². The first-order valence-corrected chi connectivity index (χ1v) is 14.0. The molecule has 0 saturated carbocycles. The third-order valence-electron chi connectivity index (χ3n) is 6.72. The lowest BCUT2D eigenvalue weighted by atomic mass is 9.83. The molecule has 3 unspecified atom stereocenters. The third kappa shape index (κ3) is 4.58. The van der Waals surface area contributed by atoms with Gasteiger partial charge in [-0.05, 0) is 54.1 Å². The highest BCUT2D eigenvalue weighted by molar-refractivity contribution is 8.00. The first kappa shape index (κ1) is 25.5. The van der Waals surface area contributed by atoms with E-state index in [9.17, 15) is 23.6 Å². The number of thioether (sulfide) groups is 1. The van der Waals surface area contributed by atoms with Gasteiger partial charge in [0.05, 0.1) is 16.6 Å². The van der Waals surface area contributed by atoms with Crippen LogP contribution in [-0.2, 0) is 20.9 Å². The van der Waals surface area contributed by atoms with Gasteiger partial charge in [-0.15, -0.1) is 0 Å². The Morgan fingerprint density at radius 3 is 2.31 bits per heavy atom. The maximum absolute atomic E-state index is 13.8. The van der Waals surface area contributed by atoms with Crippen LogP contribution in [0.1, 0.15) is 16.4 Å². The highest BCUT2D eigenvalue weighted by Crippen LogP contribution is 2.53. The molecule has 0 bridgehead atoms. The van der Waals surface area contributed by atoms with Gasteiger partial charge in [0.2, 0.25) is 17.7 Å². The van der Waals surface area contributed by atoms with Crippen LogP contribution in [0.3, 0.4) is 0 Å². The van der Waals surface area contributed by atoms with Crippen LogP contribution in [0.4, 0.5) is 15.8 Å². The number of fused-ring (bicyclic) bond motifs is 2. The van der Waals surface area contributed by atoms with Gasteiger partial charge in [0.25, 0.3) is 0 Å². The number of benzene rings is 3. The zero-order valence-corrected chi connectivity index (χ0v) is 22.4. The number of rotatable bonds is 5. The molecule has 2 aliphatic rings. The smallest absolute Gasteiger partial charge is 0.308 e. The van der Waals surface area contributed by atoms with Crippen molar-refractivity contribution >= 4 is 63.8 Å². The second-order valence-corrected chi connectivity index (χ2v) is 11.7. The summed E-state index contributed by atoms with van der Waals surface area (Å²) in [6, 6.07) is 21.0. The lowest BCUT2D eigenvalue weighted by Crippen LogP contribution is -2.33. The molecule has 3 heterocycles. The lowest BCUT2D eigenvalue weighted by molar-refractivity contribution is -0.122. The fourth-order valence-corrected chi connectivity index (χ4v) is 7.89. The molecule has 0 radical (unpaired) electrons. The molecular weight excluding hydrogens is 561 g/mol. The molecule has 0 spiro atoms. The van der Waals surface area contributed by atoms with Gasteiger partial charge in [0, 0.05) is 21.5 Å². The molecule has 3 amide bonds. The fraction of sp³-hybridized carbons (Fsp3) is 0.143. The Balaban J connectivity index is 1.42. The van der Waals surface area contributed by atoms with Crippen LogP contribution in [0.2, 0.25) is 5.02 Å². The molecule has 1 N–H and O–H groups in total. The van der Waals surface area contributed by atoms with E-state index in [1.807, 2.05) is 6.07 Å². The van der Waals surface area contributed by atoms with E-state index in [4.69, 9.17) is 11.6 Å². The Morgan fingerprint density at radius 1 is 0.923 bits per heavy atom. The zero-order chi connectivity index (χ0) is 27.3. The van der Waals surface area contributed by atoms with Crippen molar-refractivity contribution in [3.05, 3.63) is 110 Å². The largest absolute Gasteiger partial charge is 0.325 e. The molecule has 0 aliphatic carbocycles. The standard InChI is InChI=1S/C28H19ClFN3O4S2/c29-16-8-6-15(7-9-16)21-22-23(26(36)33(25(22)35)19-12-10-17(30)11-13-19)38-27-24(21)39-28(37)32(27)14-20(34)31-18-4-2-1-3-5-18/h1-13,21-23H,14H2,(H,31,34). The van der Waals surface area contributed by atoms with Crippen LogP contribution in [0.15, 0.2) is 88.7 Å². The Morgan fingerprint density at radius 2 is 1.62 bits per heavy atom. The van der Waals surface area contributed by atoms with Gasteiger partial charge < -0.3 is 5.32 Å². The number of hydrogen-bond acceptors (Lipinski definition) is 6. The van der Waals surface area contributed by atoms with E-state index in [1.165, 1.54) is 28.8 Å². The molecule has 1 saturated heterocycles. The van der Waals surface area contributed by atoms with Crippen molar-refractivity contribution in [1.82, 2.24) is 4.57 Å². The minimum absolute atomic E-state index is 0.249. The maximum atomic E-state index is 13.8. The highest BCUT2D eigenvalue weighted by atomic mass is 35.5. The number of anilines is 2. The summed E-state index contributed by atoms with van der Waals surface area (Å²) in [7, 11) is 0. The number of nitrogens with one attached hydrogen (secondary N) is 1. The van der Waals surface area contributed by atoms with Gasteiger partial charge in [0.15, 0.2) is 0 Å². The molecule has 11 heteroatoms. The van der Waals surface area contributed by atoms with Crippen molar-refractivity contribution in [3.63, 3.8) is 0 Å². The quantitative estimate of drug-likeness (QED) is 0.331. The van der Waals surface area contributed by atoms with E-state index in [2.05, 4.69) is 5.32 Å². The van der Waals surface area contributed by atoms with Crippen molar-refractivity contribution in [1.29, 1.82) is 0 Å². The number of thiazole rings is 1. The van der Waals surface area contributed by atoms with E-state index in [0.29, 0.717) is 20.6 Å². The second-order valence-electron chi connectivity index (χ2n) is 9.12. The van der Waals surface area contributed by atoms with Crippen LogP contribution in [0, 0.1) is 11.7 Å². The minimum atomic E-state index is -0.840. The maximum Gasteiger partial charge on any atom is 0.308 e. The van der Waals surface area contributed by atoms with Crippen LogP contribution in [-0.4, -0.2) is 27.5 Å². The van der Waals surface area contributed by atoms with Crippen LogP contribution < -0.4 is 15.1 Å². The Hall–Kier alpha value is -3.73. The van der Waals surface area contributed by atoms with Crippen molar-refractivity contribution in [3.8, 4) is 0 Å². The number of hydrogen-bond donors (Lipinski definition) is 1. The van der Waals surface area contributed by atoms with Gasteiger partial charge in [0.1, 0.15) is 17.6 Å². The number of halogens is 2. The molecular formula is C28H19ClFN3O4S2. The average Bonchev–Trinajstić information content (AvgIpc) is 3.36. The number of para-hydroxylation sites is 1. The van der Waals surface area contributed by atoms with Crippen molar-refractivity contribution in [2.45, 2.75) is 22.7 Å². The van der Waals surface area contributed by atoms with Gasteiger partial charge in [-0.3, -0.25) is 23.7 Å². The van der Waals surface area contributed by atoms with Crippen molar-refractivity contribution in [2.75, 3.05) is 10.2 Å². The molecule has 39 heavy (non-hydrogen) atoms. The molecule has 1 fully saturated rings. The van der Waals surface area contributed by atoms with Gasteiger partial charge in [-0.1, -0.05) is 65.0 Å². The van der Waals surface area contributed by atoms with Crippen molar-refractivity contribution in [2.24, 2.45) is 5.92 Å². The van der Waals surface area contributed by atoms with Gasteiger partial charge >= 0.3 is 4.87 Å². The third-order valence-corrected chi connectivity index (χ3v) is 9.58. The number of imide groups is 1. The average molecular weight is 580 g/mol. The van der Waals surface area contributed by atoms with E-state index >= 15 is 0 Å². The Kier molecular flexibility index (Phi) is 6.62. The monoisotopic (exact) mass is 579 g/mol. The highest BCUT2D eigenvalue weighted by Gasteiger charge is 2.56. The predicted molar refractivity (Wildman–Crippen MR) is 149 cm³/mol. The summed E-state index contributed by atoms with van der Waals surface area (Å²) in [5, 5.41) is 2.93. The molecule has 3 atom stereocenters. The number of aromatic nitrogens is 1. The molecule has 3 aromatic carbocycles. The predicted octanol–water partition coefficient (Wildman–Crippen LogP) is 5.14. The summed E-state index contributed by atoms with van der Waals surface area (Å²) in [5.41, 5.74) is 1.59. The summed E-state index contributed by atoms with van der Waals surface area (Å²) in [5.74, 6) is -3.17. The summed E-state index contributed by atoms with van der Waals surface area (Å²) in [4.78, 5) is 54.8. The van der Waals surface area contributed by atoms with Gasteiger partial charge in [-0.25, -0.2) is 9.29 Å². The SMILES string of the molecule is O=C(Cn1c2c(sc1=O)C(c1ccc(Cl)cc1)C1C(=O)N(c3ccc(F)cc3)C(=O)C1S2)Nc1ccccc1. The summed E-state index contributed by atoms with van der Waals surface area (Å²) >= 11 is 8.21. The normalized spacial score (nSPS) is 20.1. The topological polar surface area (TPSA) is 88.5 Å². The lowest BCUT2D eigenvalue weighted by Gasteiger charge is -2.30. The summed E-state index contributed by atoms with van der Waals surface area (Å²) in [6.45, 7) is -0.249. The van der Waals surface area contributed by atoms with Crippen LogP contribution in [0.25, 0.3) is 0 Å². The number of nitrogens with zero attached hydrogens (tertiary/aromatic N) is 2. The van der Waals surface area contributed by atoms with E-state index in [1.54, 1.807) is 48.5 Å². The molecule has 196 valence electrons. The van der Waals surface area contributed by atoms with E-state index in [0.717, 1.165) is 33.6 Å². The first-order chi connectivity index (χ1) is 18.8. The molecule has 4 aromatic rings. The second kappa shape index (κ2) is 10.1. The number of amides is 3. The minimum Gasteiger partial charge on any atom is -0.325 e. The molecule has 1 aromatic heterocycles. The van der Waals surface area contributed by atoms with E-state index in [-0.39, 0.29) is 17.1 Å². The fourth-order valence-electron chi connectivity index (χ4n) is 4.99.